The third kappa shape index (κ3) is 2.56. The lowest BCUT2D eigenvalue weighted by atomic mass is 10.2. The average Bonchev–Trinajstić information content (AvgIpc) is 3.04. The van der Waals surface area contributed by atoms with Gasteiger partial charge in [0.25, 0.3) is 0 Å². The zero-order valence-corrected chi connectivity index (χ0v) is 12.8. The SMILES string of the molecule is N#CCCn1ncc2c(Nc3ccc4c(c3)OCCO4)ncnc21. The quantitative estimate of drug-likeness (QED) is 0.786. The topological polar surface area (TPSA) is 97.9 Å². The number of benzene rings is 1. The van der Waals surface area contributed by atoms with E-state index < -0.39 is 0 Å². The molecule has 1 N–H and O–H groups in total. The van der Waals surface area contributed by atoms with Crippen LogP contribution in [0.2, 0.25) is 0 Å². The van der Waals surface area contributed by atoms with Gasteiger partial charge in [0, 0.05) is 11.8 Å². The van der Waals surface area contributed by atoms with Crippen LogP contribution in [0.1, 0.15) is 6.42 Å². The summed E-state index contributed by atoms with van der Waals surface area (Å²) < 4.78 is 12.8. The standard InChI is InChI=1S/C16H14N6O2/c17-4-1-5-22-16-12(9-20-22)15(18-10-19-16)21-11-2-3-13-14(8-11)24-7-6-23-13/h2-3,8-10H,1,5-7H2,(H,18,19,21). The van der Waals surface area contributed by atoms with Crippen molar-refractivity contribution in [3.05, 3.63) is 30.7 Å². The Morgan fingerprint density at radius 1 is 1.21 bits per heavy atom. The minimum Gasteiger partial charge on any atom is -0.486 e. The van der Waals surface area contributed by atoms with Gasteiger partial charge in [0.15, 0.2) is 17.1 Å². The van der Waals surface area contributed by atoms with E-state index in [2.05, 4.69) is 26.5 Å². The Morgan fingerprint density at radius 3 is 2.96 bits per heavy atom. The molecule has 3 aromatic rings. The van der Waals surface area contributed by atoms with Crippen LogP contribution < -0.4 is 14.8 Å². The van der Waals surface area contributed by atoms with Gasteiger partial charge in [-0.15, -0.1) is 0 Å². The van der Waals surface area contributed by atoms with Gasteiger partial charge in [0.1, 0.15) is 25.4 Å². The molecule has 8 nitrogen and oxygen atoms in total. The number of aryl methyl sites for hydroxylation is 1. The smallest absolute Gasteiger partial charge is 0.163 e. The predicted octanol–water partition coefficient (Wildman–Crippen LogP) is 2.25. The summed E-state index contributed by atoms with van der Waals surface area (Å²) >= 11 is 0. The first-order chi connectivity index (χ1) is 11.8. The lowest BCUT2D eigenvalue weighted by molar-refractivity contribution is 0.171. The van der Waals surface area contributed by atoms with E-state index in [-0.39, 0.29) is 0 Å². The Bertz CT molecular complexity index is 930. The van der Waals surface area contributed by atoms with Crippen molar-refractivity contribution in [2.75, 3.05) is 18.5 Å². The number of hydrogen-bond acceptors (Lipinski definition) is 7. The molecule has 3 heterocycles. The van der Waals surface area contributed by atoms with E-state index in [0.717, 1.165) is 16.8 Å². The minimum absolute atomic E-state index is 0.381. The third-order valence-corrected chi connectivity index (χ3v) is 3.67. The summed E-state index contributed by atoms with van der Waals surface area (Å²) in [5, 5.41) is 17.1. The maximum absolute atomic E-state index is 8.73. The molecular weight excluding hydrogens is 308 g/mol. The molecule has 0 saturated carbocycles. The summed E-state index contributed by atoms with van der Waals surface area (Å²) in [6, 6.07) is 7.76. The number of nitrogens with zero attached hydrogens (tertiary/aromatic N) is 5. The second kappa shape index (κ2) is 6.04. The molecular formula is C16H14N6O2. The Hall–Kier alpha value is -3.34. The molecule has 0 atom stereocenters. The zero-order chi connectivity index (χ0) is 16.4. The molecule has 2 aromatic heterocycles. The van der Waals surface area contributed by atoms with E-state index in [4.69, 9.17) is 14.7 Å². The molecule has 1 aliphatic heterocycles. The number of anilines is 2. The summed E-state index contributed by atoms with van der Waals surface area (Å²) in [5.74, 6) is 2.10. The minimum atomic E-state index is 0.381. The molecule has 4 rings (SSSR count). The largest absolute Gasteiger partial charge is 0.486 e. The predicted molar refractivity (Wildman–Crippen MR) is 86.3 cm³/mol. The van der Waals surface area contributed by atoms with Crippen LogP contribution in [0.15, 0.2) is 30.7 Å². The summed E-state index contributed by atoms with van der Waals surface area (Å²) in [5.41, 5.74) is 1.53. The van der Waals surface area contributed by atoms with Crippen molar-refractivity contribution in [1.29, 1.82) is 5.26 Å². The van der Waals surface area contributed by atoms with Crippen LogP contribution in [0.4, 0.5) is 11.5 Å². The summed E-state index contributed by atoms with van der Waals surface area (Å²) in [7, 11) is 0. The molecule has 0 bridgehead atoms. The van der Waals surface area contributed by atoms with Crippen LogP contribution in [-0.4, -0.2) is 33.0 Å². The van der Waals surface area contributed by atoms with Crippen LogP contribution in [0.25, 0.3) is 11.0 Å². The van der Waals surface area contributed by atoms with Gasteiger partial charge in [0.2, 0.25) is 0 Å². The van der Waals surface area contributed by atoms with Crippen LogP contribution >= 0.6 is 0 Å². The van der Waals surface area contributed by atoms with Gasteiger partial charge < -0.3 is 14.8 Å². The van der Waals surface area contributed by atoms with Crippen molar-refractivity contribution in [1.82, 2.24) is 19.7 Å². The number of ether oxygens (including phenoxy) is 2. The van der Waals surface area contributed by atoms with E-state index in [1.54, 1.807) is 10.9 Å². The number of aromatic nitrogens is 4. The van der Waals surface area contributed by atoms with Crippen molar-refractivity contribution in [3.63, 3.8) is 0 Å². The van der Waals surface area contributed by atoms with Gasteiger partial charge in [-0.2, -0.15) is 10.4 Å². The van der Waals surface area contributed by atoms with Crippen molar-refractivity contribution in [2.24, 2.45) is 0 Å². The molecule has 1 aliphatic rings. The van der Waals surface area contributed by atoms with Gasteiger partial charge in [-0.05, 0) is 12.1 Å². The fourth-order valence-electron chi connectivity index (χ4n) is 2.57. The second-order valence-electron chi connectivity index (χ2n) is 5.22. The molecule has 8 heteroatoms. The van der Waals surface area contributed by atoms with Crippen molar-refractivity contribution >= 4 is 22.5 Å². The van der Waals surface area contributed by atoms with Gasteiger partial charge in [0.05, 0.1) is 30.6 Å². The molecule has 0 amide bonds. The molecule has 0 spiro atoms. The third-order valence-electron chi connectivity index (χ3n) is 3.67. The van der Waals surface area contributed by atoms with E-state index in [1.807, 2.05) is 18.2 Å². The van der Waals surface area contributed by atoms with Gasteiger partial charge in [-0.1, -0.05) is 0 Å². The number of nitrogens with one attached hydrogen (secondary N) is 1. The van der Waals surface area contributed by atoms with Crippen molar-refractivity contribution in [3.8, 4) is 17.6 Å². The lowest BCUT2D eigenvalue weighted by Crippen LogP contribution is -2.15. The molecule has 0 unspecified atom stereocenters. The molecule has 120 valence electrons. The highest BCUT2D eigenvalue weighted by molar-refractivity contribution is 5.88. The Kier molecular flexibility index (Phi) is 3.59. The first-order valence-electron chi connectivity index (χ1n) is 7.55. The maximum atomic E-state index is 8.73. The summed E-state index contributed by atoms with van der Waals surface area (Å²) in [6.07, 6.45) is 3.56. The van der Waals surface area contributed by atoms with Gasteiger partial charge in [-0.25, -0.2) is 14.6 Å². The average molecular weight is 322 g/mol. The second-order valence-corrected chi connectivity index (χ2v) is 5.22. The summed E-state index contributed by atoms with van der Waals surface area (Å²) in [4.78, 5) is 8.56. The monoisotopic (exact) mass is 322 g/mol. The Balaban J connectivity index is 1.65. The van der Waals surface area contributed by atoms with Crippen molar-refractivity contribution < 1.29 is 9.47 Å². The Morgan fingerprint density at radius 2 is 2.08 bits per heavy atom. The van der Waals surface area contributed by atoms with Gasteiger partial charge in [-0.3, -0.25) is 0 Å². The lowest BCUT2D eigenvalue weighted by Gasteiger charge is -2.19. The summed E-state index contributed by atoms with van der Waals surface area (Å²) in [6.45, 7) is 1.61. The molecule has 0 saturated heterocycles. The molecule has 24 heavy (non-hydrogen) atoms. The van der Waals surface area contributed by atoms with Crippen LogP contribution in [0, 0.1) is 11.3 Å². The van der Waals surface area contributed by atoms with Crippen LogP contribution in [-0.2, 0) is 6.54 Å². The van der Waals surface area contributed by atoms with Gasteiger partial charge >= 0.3 is 0 Å². The van der Waals surface area contributed by atoms with E-state index in [1.165, 1.54) is 6.33 Å². The molecule has 0 fully saturated rings. The normalized spacial score (nSPS) is 12.8. The van der Waals surface area contributed by atoms with E-state index >= 15 is 0 Å². The fraction of sp³-hybridized carbons (Fsp3) is 0.250. The van der Waals surface area contributed by atoms with Crippen molar-refractivity contribution in [2.45, 2.75) is 13.0 Å². The fourth-order valence-corrected chi connectivity index (χ4v) is 2.57. The van der Waals surface area contributed by atoms with Crippen LogP contribution in [0.5, 0.6) is 11.5 Å². The highest BCUT2D eigenvalue weighted by atomic mass is 16.6. The molecule has 0 aliphatic carbocycles. The first kappa shape index (κ1) is 14.3. The van der Waals surface area contributed by atoms with E-state index in [0.29, 0.717) is 43.4 Å². The highest BCUT2D eigenvalue weighted by Gasteiger charge is 2.14. The Labute approximate surface area is 137 Å². The molecule has 0 radical (unpaired) electrons. The molecule has 1 aromatic carbocycles. The maximum Gasteiger partial charge on any atom is 0.163 e. The highest BCUT2D eigenvalue weighted by Crippen LogP contribution is 2.34. The number of fused-ring (bicyclic) bond motifs is 2. The number of rotatable bonds is 4. The van der Waals surface area contributed by atoms with E-state index in [9.17, 15) is 0 Å². The number of nitriles is 1. The number of hydrogen-bond donors (Lipinski definition) is 1. The zero-order valence-electron chi connectivity index (χ0n) is 12.8. The first-order valence-corrected chi connectivity index (χ1v) is 7.55. The van der Waals surface area contributed by atoms with Crippen LogP contribution in [0.3, 0.4) is 0 Å².